The second-order valence-corrected chi connectivity index (χ2v) is 7.59. The monoisotopic (exact) mass is 407 g/mol. The number of nitrogens with one attached hydrogen (secondary N) is 3. The van der Waals surface area contributed by atoms with Crippen LogP contribution in [-0.2, 0) is 12.8 Å². The maximum Gasteiger partial charge on any atom is 0.251 e. The molecule has 3 N–H and O–H groups in total. The number of carbonyl (C=O) groups is 1. The molecular formula is C24H33N5O. The largest absolute Gasteiger partial charge is 0.367 e. The van der Waals surface area contributed by atoms with E-state index in [0.717, 1.165) is 44.0 Å². The number of para-hydroxylation sites is 1. The number of nitrogens with zero attached hydrogens (tertiary/aromatic N) is 2. The molecule has 0 saturated heterocycles. The Morgan fingerprint density at radius 1 is 1.17 bits per heavy atom. The van der Waals surface area contributed by atoms with Gasteiger partial charge >= 0.3 is 0 Å². The molecule has 0 spiro atoms. The molecule has 6 nitrogen and oxygen atoms in total. The van der Waals surface area contributed by atoms with E-state index >= 15 is 0 Å². The molecule has 1 atom stereocenters. The van der Waals surface area contributed by atoms with Gasteiger partial charge < -0.3 is 20.9 Å². The third-order valence-corrected chi connectivity index (χ3v) is 5.42. The first-order chi connectivity index (χ1) is 14.6. The minimum Gasteiger partial charge on any atom is -0.367 e. The molecule has 0 aliphatic carbocycles. The maximum atomic E-state index is 11.8. The Labute approximate surface area is 179 Å². The first-order valence-corrected chi connectivity index (χ1v) is 10.8. The molecule has 0 saturated carbocycles. The molecule has 1 aliphatic heterocycles. The predicted octanol–water partition coefficient (Wildman–Crippen LogP) is 2.59. The zero-order valence-electron chi connectivity index (χ0n) is 18.2. The van der Waals surface area contributed by atoms with Gasteiger partial charge in [-0.2, -0.15) is 0 Å². The zero-order valence-corrected chi connectivity index (χ0v) is 18.2. The van der Waals surface area contributed by atoms with Crippen molar-refractivity contribution in [3.8, 4) is 0 Å². The van der Waals surface area contributed by atoms with Crippen molar-refractivity contribution < 1.29 is 4.79 Å². The summed E-state index contributed by atoms with van der Waals surface area (Å²) in [5.41, 5.74) is 4.58. The van der Waals surface area contributed by atoms with Gasteiger partial charge in [0.15, 0.2) is 5.96 Å². The van der Waals surface area contributed by atoms with Crippen molar-refractivity contribution in [2.45, 2.75) is 32.7 Å². The number of benzene rings is 2. The number of anilines is 1. The second-order valence-electron chi connectivity index (χ2n) is 7.59. The van der Waals surface area contributed by atoms with Crippen molar-refractivity contribution in [3.63, 3.8) is 0 Å². The lowest BCUT2D eigenvalue weighted by atomic mass is 10.1. The molecule has 1 aliphatic rings. The van der Waals surface area contributed by atoms with Crippen LogP contribution in [0.2, 0.25) is 0 Å². The lowest BCUT2D eigenvalue weighted by Crippen LogP contribution is -2.43. The van der Waals surface area contributed by atoms with Gasteiger partial charge in [-0.25, -0.2) is 0 Å². The summed E-state index contributed by atoms with van der Waals surface area (Å²) in [6, 6.07) is 16.9. The van der Waals surface area contributed by atoms with Crippen LogP contribution in [0.15, 0.2) is 53.5 Å². The highest BCUT2D eigenvalue weighted by atomic mass is 16.1. The second kappa shape index (κ2) is 10.7. The van der Waals surface area contributed by atoms with Gasteiger partial charge in [-0.1, -0.05) is 30.3 Å². The smallest absolute Gasteiger partial charge is 0.251 e. The quantitative estimate of drug-likeness (QED) is 0.465. The SMILES string of the molecule is CCNC(=NCCc1cccc(C(=O)NC)c1)NCCN1c2ccccc2CC1C. The standard InChI is InChI=1S/C24H33N5O/c1-4-26-24(27-13-12-19-8-7-10-21(17-19)23(30)25-3)28-14-15-29-18(2)16-20-9-5-6-11-22(20)29/h5-11,17-18H,4,12-16H2,1-3H3,(H,25,30)(H2,26,27,28). The van der Waals surface area contributed by atoms with Crippen LogP contribution in [0.5, 0.6) is 0 Å². The van der Waals surface area contributed by atoms with Crippen molar-refractivity contribution in [3.05, 3.63) is 65.2 Å². The van der Waals surface area contributed by atoms with E-state index in [4.69, 9.17) is 4.99 Å². The third-order valence-electron chi connectivity index (χ3n) is 5.42. The first kappa shape index (κ1) is 21.7. The summed E-state index contributed by atoms with van der Waals surface area (Å²) in [5.74, 6) is 0.771. The molecule has 0 bridgehead atoms. The Morgan fingerprint density at radius 2 is 2.00 bits per heavy atom. The molecule has 160 valence electrons. The first-order valence-electron chi connectivity index (χ1n) is 10.8. The lowest BCUT2D eigenvalue weighted by Gasteiger charge is -2.25. The van der Waals surface area contributed by atoms with Gasteiger partial charge in [0.1, 0.15) is 0 Å². The van der Waals surface area contributed by atoms with Gasteiger partial charge in [0, 0.05) is 50.5 Å². The van der Waals surface area contributed by atoms with Crippen LogP contribution in [0.4, 0.5) is 5.69 Å². The molecule has 30 heavy (non-hydrogen) atoms. The van der Waals surface area contributed by atoms with Crippen LogP contribution in [0.3, 0.4) is 0 Å². The number of aliphatic imine (C=N–C) groups is 1. The minimum absolute atomic E-state index is 0.0620. The maximum absolute atomic E-state index is 11.8. The number of carbonyl (C=O) groups excluding carboxylic acids is 1. The van der Waals surface area contributed by atoms with Gasteiger partial charge in [0.05, 0.1) is 0 Å². The Morgan fingerprint density at radius 3 is 2.80 bits per heavy atom. The molecule has 3 rings (SSSR count). The topological polar surface area (TPSA) is 68.8 Å². The number of guanidine groups is 1. The van der Waals surface area contributed by atoms with Crippen molar-refractivity contribution in [1.29, 1.82) is 0 Å². The van der Waals surface area contributed by atoms with E-state index in [-0.39, 0.29) is 5.91 Å². The molecule has 1 heterocycles. The summed E-state index contributed by atoms with van der Waals surface area (Å²) in [6.45, 7) is 7.61. The van der Waals surface area contributed by atoms with E-state index in [1.807, 2.05) is 24.3 Å². The molecular weight excluding hydrogens is 374 g/mol. The van der Waals surface area contributed by atoms with Crippen LogP contribution >= 0.6 is 0 Å². The Balaban J connectivity index is 1.52. The normalized spacial score (nSPS) is 15.6. The number of hydrogen-bond donors (Lipinski definition) is 3. The highest BCUT2D eigenvalue weighted by molar-refractivity contribution is 5.94. The number of amides is 1. The van der Waals surface area contributed by atoms with E-state index in [1.54, 1.807) is 7.05 Å². The molecule has 0 fully saturated rings. The van der Waals surface area contributed by atoms with E-state index in [2.05, 4.69) is 59.0 Å². The summed E-state index contributed by atoms with van der Waals surface area (Å²) < 4.78 is 0. The Bertz CT molecular complexity index is 879. The summed E-state index contributed by atoms with van der Waals surface area (Å²) in [5, 5.41) is 9.44. The molecule has 2 aromatic rings. The highest BCUT2D eigenvalue weighted by Gasteiger charge is 2.24. The third kappa shape index (κ3) is 5.53. The van der Waals surface area contributed by atoms with Gasteiger partial charge in [0.25, 0.3) is 5.91 Å². The molecule has 1 amide bonds. The number of hydrogen-bond acceptors (Lipinski definition) is 3. The number of fused-ring (bicyclic) bond motifs is 1. The number of rotatable bonds is 8. The van der Waals surface area contributed by atoms with Crippen molar-refractivity contribution in [1.82, 2.24) is 16.0 Å². The Kier molecular flexibility index (Phi) is 7.71. The lowest BCUT2D eigenvalue weighted by molar-refractivity contribution is 0.0963. The highest BCUT2D eigenvalue weighted by Crippen LogP contribution is 2.31. The molecule has 1 unspecified atom stereocenters. The minimum atomic E-state index is -0.0620. The predicted molar refractivity (Wildman–Crippen MR) is 124 cm³/mol. The van der Waals surface area contributed by atoms with Gasteiger partial charge in [-0.15, -0.1) is 0 Å². The van der Waals surface area contributed by atoms with Crippen LogP contribution in [0, 0.1) is 0 Å². The zero-order chi connectivity index (χ0) is 21.3. The fraction of sp³-hybridized carbons (Fsp3) is 0.417. The average Bonchev–Trinajstić information content (AvgIpc) is 3.08. The van der Waals surface area contributed by atoms with E-state index in [0.29, 0.717) is 18.2 Å². The molecule has 6 heteroatoms. The van der Waals surface area contributed by atoms with Crippen LogP contribution in [0.1, 0.15) is 35.3 Å². The molecule has 0 aromatic heterocycles. The molecule has 2 aromatic carbocycles. The van der Waals surface area contributed by atoms with Gasteiger partial charge in [-0.3, -0.25) is 9.79 Å². The van der Waals surface area contributed by atoms with E-state index < -0.39 is 0 Å². The van der Waals surface area contributed by atoms with E-state index in [9.17, 15) is 4.79 Å². The van der Waals surface area contributed by atoms with Crippen molar-refractivity contribution >= 4 is 17.6 Å². The summed E-state index contributed by atoms with van der Waals surface area (Å²) >= 11 is 0. The fourth-order valence-electron chi connectivity index (χ4n) is 3.92. The van der Waals surface area contributed by atoms with Crippen LogP contribution < -0.4 is 20.9 Å². The van der Waals surface area contributed by atoms with Gasteiger partial charge in [0.2, 0.25) is 0 Å². The van der Waals surface area contributed by atoms with Gasteiger partial charge in [-0.05, 0) is 56.0 Å². The summed E-state index contributed by atoms with van der Waals surface area (Å²) in [6.07, 6.45) is 1.90. The van der Waals surface area contributed by atoms with Crippen LogP contribution in [0.25, 0.3) is 0 Å². The average molecular weight is 408 g/mol. The fourth-order valence-corrected chi connectivity index (χ4v) is 3.92. The van der Waals surface area contributed by atoms with Crippen LogP contribution in [-0.4, -0.2) is 51.1 Å². The molecule has 0 radical (unpaired) electrons. The van der Waals surface area contributed by atoms with Crippen molar-refractivity contribution in [2.24, 2.45) is 4.99 Å². The Hall–Kier alpha value is -3.02. The van der Waals surface area contributed by atoms with Crippen molar-refractivity contribution in [2.75, 3.05) is 38.1 Å². The summed E-state index contributed by atoms with van der Waals surface area (Å²) in [4.78, 5) is 19.0. The van der Waals surface area contributed by atoms with E-state index in [1.165, 1.54) is 11.3 Å². The summed E-state index contributed by atoms with van der Waals surface area (Å²) in [7, 11) is 1.65.